The highest BCUT2D eigenvalue weighted by molar-refractivity contribution is 5.94. The Morgan fingerprint density at radius 2 is 1.45 bits per heavy atom. The summed E-state index contributed by atoms with van der Waals surface area (Å²) in [5.74, 6) is -2.74. The van der Waals surface area contributed by atoms with Gasteiger partial charge in [-0.25, -0.2) is 4.79 Å². The van der Waals surface area contributed by atoms with Gasteiger partial charge in [0.1, 0.15) is 18.1 Å². The van der Waals surface area contributed by atoms with Crippen LogP contribution in [0.25, 0.3) is 0 Å². The normalized spacial score (nSPS) is 18.0. The number of carboxylic acid groups (broad SMARTS) is 1. The lowest BCUT2D eigenvalue weighted by Crippen LogP contribution is -2.59. The minimum absolute atomic E-state index is 0.115. The summed E-state index contributed by atoms with van der Waals surface area (Å²) in [4.78, 5) is 51.6. The fraction of sp³-hybridized carbons (Fsp3) is 0.448. The van der Waals surface area contributed by atoms with E-state index in [-0.39, 0.29) is 30.7 Å². The van der Waals surface area contributed by atoms with Crippen molar-refractivity contribution in [2.75, 3.05) is 6.54 Å². The summed E-state index contributed by atoms with van der Waals surface area (Å²) in [6.07, 6.45) is 2.53. The maximum absolute atomic E-state index is 13.5. The molecule has 0 radical (unpaired) electrons. The van der Waals surface area contributed by atoms with E-state index in [0.717, 1.165) is 24.1 Å². The summed E-state index contributed by atoms with van der Waals surface area (Å²) >= 11 is 0. The molecule has 5 unspecified atom stereocenters. The first-order valence-electron chi connectivity index (χ1n) is 13.2. The van der Waals surface area contributed by atoms with E-state index in [1.807, 2.05) is 50.2 Å². The Morgan fingerprint density at radius 3 is 1.95 bits per heavy atom. The number of benzene rings is 2. The average molecular weight is 523 g/mol. The lowest BCUT2D eigenvalue weighted by atomic mass is 9.96. The lowest BCUT2D eigenvalue weighted by molar-refractivity contribution is -0.142. The molecular weight excluding hydrogens is 484 g/mol. The van der Waals surface area contributed by atoms with E-state index in [1.54, 1.807) is 24.3 Å². The molecule has 3 amide bonds. The van der Waals surface area contributed by atoms with E-state index < -0.39 is 35.9 Å². The maximum atomic E-state index is 13.5. The van der Waals surface area contributed by atoms with Crippen molar-refractivity contribution in [1.29, 1.82) is 0 Å². The molecule has 1 heterocycles. The second-order valence-electron chi connectivity index (χ2n) is 9.86. The first-order chi connectivity index (χ1) is 18.3. The van der Waals surface area contributed by atoms with Gasteiger partial charge in [0, 0.05) is 12.8 Å². The highest BCUT2D eigenvalue weighted by Crippen LogP contribution is 2.12. The van der Waals surface area contributed by atoms with Crippen LogP contribution in [0.1, 0.15) is 44.2 Å². The lowest BCUT2D eigenvalue weighted by Gasteiger charge is -2.28. The zero-order valence-electron chi connectivity index (χ0n) is 22.0. The molecule has 3 rings (SSSR count). The summed E-state index contributed by atoms with van der Waals surface area (Å²) < 4.78 is 0. The molecule has 5 N–H and O–H groups in total. The SMILES string of the molecule is CCC(C)C(NC(=O)C(Cc1ccccc1)NC(=O)C1CCCN1)C(=O)NC(Cc1ccccc1)C(=O)O. The molecule has 0 saturated carbocycles. The molecule has 0 aromatic heterocycles. The number of rotatable bonds is 13. The number of aliphatic carboxylic acids is 1. The van der Waals surface area contributed by atoms with Gasteiger partial charge in [0.2, 0.25) is 17.7 Å². The minimum atomic E-state index is -1.16. The van der Waals surface area contributed by atoms with Crippen molar-refractivity contribution in [2.24, 2.45) is 5.92 Å². The Balaban J connectivity index is 1.75. The van der Waals surface area contributed by atoms with Gasteiger partial charge in [0.05, 0.1) is 6.04 Å². The Hall–Kier alpha value is -3.72. The van der Waals surface area contributed by atoms with Crippen molar-refractivity contribution >= 4 is 23.7 Å². The van der Waals surface area contributed by atoms with Gasteiger partial charge in [-0.2, -0.15) is 0 Å². The van der Waals surface area contributed by atoms with Crippen LogP contribution in [0.3, 0.4) is 0 Å². The van der Waals surface area contributed by atoms with Crippen molar-refractivity contribution in [2.45, 2.75) is 70.1 Å². The third-order valence-electron chi connectivity index (χ3n) is 6.98. The van der Waals surface area contributed by atoms with Gasteiger partial charge in [-0.15, -0.1) is 0 Å². The number of hydrogen-bond acceptors (Lipinski definition) is 5. The second kappa shape index (κ2) is 14.3. The summed E-state index contributed by atoms with van der Waals surface area (Å²) in [5, 5.41) is 21.2. The zero-order valence-corrected chi connectivity index (χ0v) is 22.0. The molecule has 1 saturated heterocycles. The van der Waals surface area contributed by atoms with E-state index in [4.69, 9.17) is 0 Å². The van der Waals surface area contributed by atoms with Crippen molar-refractivity contribution in [1.82, 2.24) is 21.3 Å². The largest absolute Gasteiger partial charge is 0.480 e. The van der Waals surface area contributed by atoms with Crippen molar-refractivity contribution in [3.8, 4) is 0 Å². The van der Waals surface area contributed by atoms with E-state index in [0.29, 0.717) is 12.8 Å². The number of carbonyl (C=O) groups is 4. The molecule has 204 valence electrons. The van der Waals surface area contributed by atoms with Crippen LogP contribution in [-0.2, 0) is 32.0 Å². The van der Waals surface area contributed by atoms with Gasteiger partial charge >= 0.3 is 5.97 Å². The van der Waals surface area contributed by atoms with Crippen LogP contribution < -0.4 is 21.3 Å². The average Bonchev–Trinajstić information content (AvgIpc) is 3.47. The number of amides is 3. The first kappa shape index (κ1) is 28.8. The van der Waals surface area contributed by atoms with Gasteiger partial charge in [-0.05, 0) is 36.4 Å². The van der Waals surface area contributed by atoms with Crippen LogP contribution in [0.2, 0.25) is 0 Å². The van der Waals surface area contributed by atoms with Gasteiger partial charge in [0.15, 0.2) is 0 Å². The van der Waals surface area contributed by atoms with Gasteiger partial charge in [0.25, 0.3) is 0 Å². The van der Waals surface area contributed by atoms with Crippen LogP contribution >= 0.6 is 0 Å². The highest BCUT2D eigenvalue weighted by Gasteiger charge is 2.33. The molecule has 0 spiro atoms. The number of nitrogens with one attached hydrogen (secondary N) is 4. The molecule has 2 aromatic carbocycles. The predicted octanol–water partition coefficient (Wildman–Crippen LogP) is 1.81. The molecule has 9 nitrogen and oxygen atoms in total. The summed E-state index contributed by atoms with van der Waals surface area (Å²) in [7, 11) is 0. The molecule has 1 aliphatic rings. The Bertz CT molecular complexity index is 1070. The number of carboxylic acids is 1. The maximum Gasteiger partial charge on any atom is 0.326 e. The van der Waals surface area contributed by atoms with Crippen LogP contribution in [-0.4, -0.2) is 59.5 Å². The third kappa shape index (κ3) is 8.41. The molecule has 0 bridgehead atoms. The van der Waals surface area contributed by atoms with Crippen LogP contribution in [0.4, 0.5) is 0 Å². The van der Waals surface area contributed by atoms with Crippen molar-refractivity contribution < 1.29 is 24.3 Å². The fourth-order valence-electron chi connectivity index (χ4n) is 4.51. The molecule has 1 aliphatic heterocycles. The van der Waals surface area contributed by atoms with E-state index in [2.05, 4.69) is 21.3 Å². The van der Waals surface area contributed by atoms with Crippen LogP contribution in [0.15, 0.2) is 60.7 Å². The van der Waals surface area contributed by atoms with Crippen molar-refractivity contribution in [3.05, 3.63) is 71.8 Å². The summed E-state index contributed by atoms with van der Waals surface area (Å²) in [6, 6.07) is 15.0. The van der Waals surface area contributed by atoms with Crippen LogP contribution in [0, 0.1) is 5.92 Å². The van der Waals surface area contributed by atoms with Gasteiger partial charge in [-0.3, -0.25) is 14.4 Å². The first-order valence-corrected chi connectivity index (χ1v) is 13.2. The van der Waals surface area contributed by atoms with Crippen molar-refractivity contribution in [3.63, 3.8) is 0 Å². The second-order valence-corrected chi connectivity index (χ2v) is 9.86. The smallest absolute Gasteiger partial charge is 0.326 e. The molecular formula is C29H38N4O5. The Labute approximate surface area is 223 Å². The Morgan fingerprint density at radius 1 is 0.868 bits per heavy atom. The molecule has 2 aromatic rings. The third-order valence-corrected chi connectivity index (χ3v) is 6.98. The highest BCUT2D eigenvalue weighted by atomic mass is 16.4. The quantitative estimate of drug-likeness (QED) is 0.272. The molecule has 0 aliphatic carbocycles. The predicted molar refractivity (Wildman–Crippen MR) is 144 cm³/mol. The summed E-state index contributed by atoms with van der Waals surface area (Å²) in [6.45, 7) is 4.47. The molecule has 5 atom stereocenters. The van der Waals surface area contributed by atoms with Gasteiger partial charge in [-0.1, -0.05) is 80.9 Å². The summed E-state index contributed by atoms with van der Waals surface area (Å²) in [5.41, 5.74) is 1.64. The zero-order chi connectivity index (χ0) is 27.5. The fourth-order valence-corrected chi connectivity index (χ4v) is 4.51. The number of carbonyl (C=O) groups excluding carboxylic acids is 3. The minimum Gasteiger partial charge on any atom is -0.480 e. The molecule has 38 heavy (non-hydrogen) atoms. The number of hydrogen-bond donors (Lipinski definition) is 5. The van der Waals surface area contributed by atoms with Gasteiger partial charge < -0.3 is 26.4 Å². The van der Waals surface area contributed by atoms with Crippen LogP contribution in [0.5, 0.6) is 0 Å². The van der Waals surface area contributed by atoms with E-state index in [9.17, 15) is 24.3 Å². The topological polar surface area (TPSA) is 137 Å². The standard InChI is InChI=1S/C29H38N4O5/c1-3-19(2)25(28(36)32-24(29(37)38)18-21-13-8-5-9-14-21)33-27(35)23(17-20-11-6-4-7-12-20)31-26(34)22-15-10-16-30-22/h4-9,11-14,19,22-25,30H,3,10,15-18H2,1-2H3,(H,31,34)(H,32,36)(H,33,35)(H,37,38). The monoisotopic (exact) mass is 522 g/mol. The van der Waals surface area contributed by atoms with E-state index in [1.165, 1.54) is 0 Å². The molecule has 9 heteroatoms. The Kier molecular flexibility index (Phi) is 10.8. The molecule has 1 fully saturated rings. The van der Waals surface area contributed by atoms with E-state index >= 15 is 0 Å².